The third-order valence-electron chi connectivity index (χ3n) is 3.09. The number of aromatic nitrogens is 2. The Morgan fingerprint density at radius 1 is 1.19 bits per heavy atom. The SMILES string of the molecule is Cc1cc(C(=O)NCC(=O)NCc2ccccc2)nn1C. The smallest absolute Gasteiger partial charge is 0.272 e. The van der Waals surface area contributed by atoms with E-state index in [9.17, 15) is 9.59 Å². The molecule has 0 unspecified atom stereocenters. The number of nitrogens with zero attached hydrogens (tertiary/aromatic N) is 2. The molecule has 21 heavy (non-hydrogen) atoms. The van der Waals surface area contributed by atoms with Crippen molar-refractivity contribution in [1.29, 1.82) is 0 Å². The van der Waals surface area contributed by atoms with E-state index in [0.29, 0.717) is 12.2 Å². The molecule has 0 aliphatic carbocycles. The van der Waals surface area contributed by atoms with Crippen LogP contribution in [0, 0.1) is 6.92 Å². The number of benzene rings is 1. The summed E-state index contributed by atoms with van der Waals surface area (Å²) in [4.78, 5) is 23.5. The normalized spacial score (nSPS) is 10.2. The van der Waals surface area contributed by atoms with E-state index in [-0.39, 0.29) is 18.4 Å². The molecule has 0 bridgehead atoms. The fourth-order valence-electron chi connectivity index (χ4n) is 1.78. The molecule has 6 nitrogen and oxygen atoms in total. The molecule has 0 aliphatic heterocycles. The van der Waals surface area contributed by atoms with E-state index < -0.39 is 0 Å². The van der Waals surface area contributed by atoms with E-state index in [0.717, 1.165) is 11.3 Å². The summed E-state index contributed by atoms with van der Waals surface area (Å²) in [6, 6.07) is 11.3. The summed E-state index contributed by atoms with van der Waals surface area (Å²) in [5, 5.41) is 9.35. The van der Waals surface area contributed by atoms with Crippen LogP contribution in [0.15, 0.2) is 36.4 Å². The van der Waals surface area contributed by atoms with E-state index in [1.54, 1.807) is 17.8 Å². The molecule has 0 saturated heterocycles. The van der Waals surface area contributed by atoms with Gasteiger partial charge in [-0.05, 0) is 18.6 Å². The topological polar surface area (TPSA) is 76.0 Å². The number of amides is 2. The third-order valence-corrected chi connectivity index (χ3v) is 3.09. The molecule has 0 aliphatic rings. The number of aryl methyl sites for hydroxylation is 2. The number of carbonyl (C=O) groups excluding carboxylic acids is 2. The lowest BCUT2D eigenvalue weighted by Crippen LogP contribution is -2.36. The highest BCUT2D eigenvalue weighted by molar-refractivity contribution is 5.94. The summed E-state index contributed by atoms with van der Waals surface area (Å²) in [7, 11) is 1.76. The van der Waals surface area contributed by atoms with Gasteiger partial charge in [-0.15, -0.1) is 0 Å². The van der Waals surface area contributed by atoms with Crippen LogP contribution in [0.4, 0.5) is 0 Å². The summed E-state index contributed by atoms with van der Waals surface area (Å²) in [6.45, 7) is 2.23. The van der Waals surface area contributed by atoms with Gasteiger partial charge in [-0.3, -0.25) is 14.3 Å². The Morgan fingerprint density at radius 2 is 1.90 bits per heavy atom. The van der Waals surface area contributed by atoms with E-state index in [1.165, 1.54) is 0 Å². The van der Waals surface area contributed by atoms with Crippen LogP contribution < -0.4 is 10.6 Å². The van der Waals surface area contributed by atoms with Crippen molar-refractivity contribution in [2.75, 3.05) is 6.54 Å². The highest BCUT2D eigenvalue weighted by Crippen LogP contribution is 2.00. The molecule has 0 spiro atoms. The van der Waals surface area contributed by atoms with Gasteiger partial charge in [-0.1, -0.05) is 30.3 Å². The number of hydrogen-bond acceptors (Lipinski definition) is 3. The van der Waals surface area contributed by atoms with Crippen molar-refractivity contribution in [3.63, 3.8) is 0 Å². The van der Waals surface area contributed by atoms with Crippen LogP contribution in [-0.2, 0) is 18.4 Å². The molecule has 1 heterocycles. The Kier molecular flexibility index (Phi) is 4.71. The van der Waals surface area contributed by atoms with Gasteiger partial charge in [-0.25, -0.2) is 0 Å². The molecule has 110 valence electrons. The van der Waals surface area contributed by atoms with Crippen LogP contribution in [0.2, 0.25) is 0 Å². The highest BCUT2D eigenvalue weighted by atomic mass is 16.2. The van der Waals surface area contributed by atoms with Gasteiger partial charge in [0.1, 0.15) is 5.69 Å². The van der Waals surface area contributed by atoms with E-state index in [2.05, 4.69) is 15.7 Å². The maximum Gasteiger partial charge on any atom is 0.272 e. The number of hydrogen-bond donors (Lipinski definition) is 2. The van der Waals surface area contributed by atoms with Crippen LogP contribution in [0.5, 0.6) is 0 Å². The van der Waals surface area contributed by atoms with E-state index in [4.69, 9.17) is 0 Å². The Morgan fingerprint density at radius 3 is 2.52 bits per heavy atom. The van der Waals surface area contributed by atoms with Crippen LogP contribution in [0.3, 0.4) is 0 Å². The molecular formula is C15H18N4O2. The summed E-state index contributed by atoms with van der Waals surface area (Å²) in [5.74, 6) is -0.589. The van der Waals surface area contributed by atoms with E-state index >= 15 is 0 Å². The lowest BCUT2D eigenvalue weighted by atomic mass is 10.2. The molecule has 0 saturated carbocycles. The molecule has 2 rings (SSSR count). The van der Waals surface area contributed by atoms with Crippen molar-refractivity contribution < 1.29 is 9.59 Å². The maximum absolute atomic E-state index is 11.8. The van der Waals surface area contributed by atoms with Gasteiger partial charge < -0.3 is 10.6 Å². The first-order valence-corrected chi connectivity index (χ1v) is 6.65. The highest BCUT2D eigenvalue weighted by Gasteiger charge is 2.11. The monoisotopic (exact) mass is 286 g/mol. The summed E-state index contributed by atoms with van der Waals surface area (Å²) in [6.07, 6.45) is 0. The quantitative estimate of drug-likeness (QED) is 0.852. The van der Waals surface area contributed by atoms with Gasteiger partial charge in [-0.2, -0.15) is 5.10 Å². The average Bonchev–Trinajstić information content (AvgIpc) is 2.83. The van der Waals surface area contributed by atoms with E-state index in [1.807, 2.05) is 37.3 Å². The zero-order valence-corrected chi connectivity index (χ0v) is 12.1. The predicted octanol–water partition coefficient (Wildman–Crippen LogP) is 0.775. The lowest BCUT2D eigenvalue weighted by Gasteiger charge is -2.06. The molecule has 0 radical (unpaired) electrons. The van der Waals surface area contributed by atoms with Gasteiger partial charge in [0, 0.05) is 19.3 Å². The van der Waals surface area contributed by atoms with Gasteiger partial charge in [0.25, 0.3) is 5.91 Å². The molecule has 1 aromatic carbocycles. The fourth-order valence-corrected chi connectivity index (χ4v) is 1.78. The zero-order valence-electron chi connectivity index (χ0n) is 12.1. The molecule has 6 heteroatoms. The molecule has 2 aromatic rings. The van der Waals surface area contributed by atoms with Crippen molar-refractivity contribution >= 4 is 11.8 Å². The third kappa shape index (κ3) is 4.17. The first kappa shape index (κ1) is 14.8. The van der Waals surface area contributed by atoms with Crippen molar-refractivity contribution in [1.82, 2.24) is 20.4 Å². The molecule has 0 fully saturated rings. The largest absolute Gasteiger partial charge is 0.350 e. The second-order valence-electron chi connectivity index (χ2n) is 4.74. The minimum atomic E-state index is -0.353. The van der Waals surface area contributed by atoms with Gasteiger partial charge in [0.15, 0.2) is 0 Å². The number of rotatable bonds is 5. The van der Waals surface area contributed by atoms with Gasteiger partial charge >= 0.3 is 0 Å². The minimum absolute atomic E-state index is 0.0682. The molecule has 2 N–H and O–H groups in total. The van der Waals surface area contributed by atoms with Crippen molar-refractivity contribution in [3.05, 3.63) is 53.3 Å². The molecule has 2 amide bonds. The van der Waals surface area contributed by atoms with Crippen LogP contribution >= 0.6 is 0 Å². The second-order valence-corrected chi connectivity index (χ2v) is 4.74. The maximum atomic E-state index is 11.8. The van der Waals surface area contributed by atoms with Crippen molar-refractivity contribution in [2.45, 2.75) is 13.5 Å². The number of nitrogens with one attached hydrogen (secondary N) is 2. The predicted molar refractivity (Wildman–Crippen MR) is 78.6 cm³/mol. The average molecular weight is 286 g/mol. The zero-order chi connectivity index (χ0) is 15.2. The summed E-state index contributed by atoms with van der Waals surface area (Å²) >= 11 is 0. The lowest BCUT2D eigenvalue weighted by molar-refractivity contribution is -0.120. The van der Waals surface area contributed by atoms with Crippen LogP contribution in [-0.4, -0.2) is 28.1 Å². The fraction of sp³-hybridized carbons (Fsp3) is 0.267. The first-order chi connectivity index (χ1) is 10.1. The van der Waals surface area contributed by atoms with Crippen LogP contribution in [0.25, 0.3) is 0 Å². The van der Waals surface area contributed by atoms with Crippen molar-refractivity contribution in [3.8, 4) is 0 Å². The minimum Gasteiger partial charge on any atom is -0.350 e. The Hall–Kier alpha value is -2.63. The molecule has 1 aromatic heterocycles. The Balaban J connectivity index is 1.77. The van der Waals surface area contributed by atoms with Crippen LogP contribution in [0.1, 0.15) is 21.7 Å². The number of carbonyl (C=O) groups is 2. The Bertz CT molecular complexity index is 615. The Labute approximate surface area is 123 Å². The molecular weight excluding hydrogens is 268 g/mol. The standard InChI is InChI=1S/C15H18N4O2/c1-11-8-13(18-19(11)2)15(21)17-10-14(20)16-9-12-6-4-3-5-7-12/h3-8H,9-10H2,1-2H3,(H,16,20)(H,17,21). The second kappa shape index (κ2) is 6.69. The molecule has 0 atom stereocenters. The van der Waals surface area contributed by atoms with Gasteiger partial charge in [0.2, 0.25) is 5.91 Å². The van der Waals surface area contributed by atoms with Crippen molar-refractivity contribution in [2.24, 2.45) is 7.05 Å². The van der Waals surface area contributed by atoms with Gasteiger partial charge in [0.05, 0.1) is 6.54 Å². The summed E-state index contributed by atoms with van der Waals surface area (Å²) < 4.78 is 1.62. The summed E-state index contributed by atoms with van der Waals surface area (Å²) in [5.41, 5.74) is 2.21. The first-order valence-electron chi connectivity index (χ1n) is 6.65.